The number of nitrogens with zero attached hydrogens (tertiary/aromatic N) is 1. The van der Waals surface area contributed by atoms with E-state index in [9.17, 15) is 13.5 Å². The van der Waals surface area contributed by atoms with E-state index in [-0.39, 0.29) is 18.1 Å². The molecule has 2 fully saturated rings. The molecule has 1 aliphatic heterocycles. The van der Waals surface area contributed by atoms with Gasteiger partial charge in [-0.2, -0.15) is 0 Å². The van der Waals surface area contributed by atoms with Crippen LogP contribution in [0.1, 0.15) is 19.3 Å². The molecule has 6 nitrogen and oxygen atoms in total. The summed E-state index contributed by atoms with van der Waals surface area (Å²) in [7, 11) is -3.13. The van der Waals surface area contributed by atoms with Crippen molar-refractivity contribution in [2.24, 2.45) is 5.92 Å². The number of hydrogen-bond acceptors (Lipinski definition) is 5. The van der Waals surface area contributed by atoms with Crippen molar-refractivity contribution in [3.63, 3.8) is 0 Å². The fourth-order valence-corrected chi connectivity index (χ4v) is 3.58. The predicted octanol–water partition coefficient (Wildman–Crippen LogP) is -0.603. The molecule has 1 heterocycles. The summed E-state index contributed by atoms with van der Waals surface area (Å²) in [4.78, 5) is 2.25. The standard InChI is InChI=1S/C12H24N2O4S/c1-19(16,17)13-5-6-14-7-8-18-9-11(14)10-3-2-4-12(10)15/h10-13,15H,2-9H2,1H3. The van der Waals surface area contributed by atoms with Gasteiger partial charge in [0.2, 0.25) is 10.0 Å². The lowest BCUT2D eigenvalue weighted by molar-refractivity contribution is -0.0488. The van der Waals surface area contributed by atoms with Crippen molar-refractivity contribution in [2.45, 2.75) is 31.4 Å². The van der Waals surface area contributed by atoms with Crippen LogP contribution >= 0.6 is 0 Å². The highest BCUT2D eigenvalue weighted by Crippen LogP contribution is 2.31. The zero-order valence-electron chi connectivity index (χ0n) is 11.4. The first kappa shape index (κ1) is 15.2. The molecule has 2 rings (SSSR count). The molecule has 0 aromatic heterocycles. The Hall–Kier alpha value is -0.210. The minimum atomic E-state index is -3.13. The van der Waals surface area contributed by atoms with Crippen molar-refractivity contribution < 1.29 is 18.3 Å². The third-order valence-corrected chi connectivity index (χ3v) is 4.80. The Morgan fingerprint density at radius 2 is 2.21 bits per heavy atom. The molecule has 0 radical (unpaired) electrons. The highest BCUT2D eigenvalue weighted by molar-refractivity contribution is 7.88. The van der Waals surface area contributed by atoms with Crippen molar-refractivity contribution >= 4 is 10.0 Å². The van der Waals surface area contributed by atoms with Crippen LogP contribution < -0.4 is 4.72 Å². The average molecular weight is 292 g/mol. The average Bonchev–Trinajstić information content (AvgIpc) is 2.74. The van der Waals surface area contributed by atoms with Gasteiger partial charge in [-0.3, -0.25) is 4.90 Å². The Balaban J connectivity index is 1.88. The van der Waals surface area contributed by atoms with Gasteiger partial charge in [-0.15, -0.1) is 0 Å². The zero-order chi connectivity index (χ0) is 13.9. The zero-order valence-corrected chi connectivity index (χ0v) is 12.2. The van der Waals surface area contributed by atoms with Gasteiger partial charge in [0.25, 0.3) is 0 Å². The van der Waals surface area contributed by atoms with Crippen LogP contribution in [0.25, 0.3) is 0 Å². The van der Waals surface area contributed by atoms with Crippen LogP contribution in [0.3, 0.4) is 0 Å². The molecule has 0 aromatic carbocycles. The molecule has 3 atom stereocenters. The number of rotatable bonds is 5. The summed E-state index contributed by atoms with van der Waals surface area (Å²) < 4.78 is 30.2. The van der Waals surface area contributed by atoms with Gasteiger partial charge in [0, 0.05) is 31.6 Å². The number of aliphatic hydroxyl groups is 1. The summed E-state index contributed by atoms with van der Waals surface area (Å²) in [5.41, 5.74) is 0. The molecule has 0 amide bonds. The van der Waals surface area contributed by atoms with Crippen LogP contribution in [0.2, 0.25) is 0 Å². The number of aliphatic hydroxyl groups excluding tert-OH is 1. The lowest BCUT2D eigenvalue weighted by Gasteiger charge is -2.40. The Morgan fingerprint density at radius 3 is 2.84 bits per heavy atom. The lowest BCUT2D eigenvalue weighted by atomic mass is 9.94. The highest BCUT2D eigenvalue weighted by Gasteiger charge is 2.37. The van der Waals surface area contributed by atoms with E-state index in [4.69, 9.17) is 4.74 Å². The lowest BCUT2D eigenvalue weighted by Crippen LogP contribution is -2.53. The number of morpholine rings is 1. The molecule has 2 aliphatic rings. The number of ether oxygens (including phenoxy) is 1. The van der Waals surface area contributed by atoms with Crippen molar-refractivity contribution in [1.29, 1.82) is 0 Å². The normalized spacial score (nSPS) is 33.7. The van der Waals surface area contributed by atoms with Crippen LogP contribution in [-0.4, -0.2) is 69.7 Å². The molecule has 0 spiro atoms. The summed E-state index contributed by atoms with van der Waals surface area (Å²) in [5.74, 6) is 0.263. The van der Waals surface area contributed by atoms with Crippen LogP contribution in [0.15, 0.2) is 0 Å². The van der Waals surface area contributed by atoms with Gasteiger partial charge in [-0.05, 0) is 12.8 Å². The van der Waals surface area contributed by atoms with Gasteiger partial charge in [-0.1, -0.05) is 6.42 Å². The van der Waals surface area contributed by atoms with E-state index in [0.717, 1.165) is 25.8 Å². The smallest absolute Gasteiger partial charge is 0.208 e. The number of nitrogens with one attached hydrogen (secondary N) is 1. The summed E-state index contributed by atoms with van der Waals surface area (Å²) in [6, 6.07) is 0.215. The summed E-state index contributed by atoms with van der Waals surface area (Å²) in [6.45, 7) is 3.21. The molecule has 2 N–H and O–H groups in total. The SMILES string of the molecule is CS(=O)(=O)NCCN1CCOCC1C1CCCC1O. The maximum absolute atomic E-state index is 11.1. The van der Waals surface area contributed by atoms with Crippen LogP contribution in [0.5, 0.6) is 0 Å². The van der Waals surface area contributed by atoms with E-state index < -0.39 is 10.0 Å². The Labute approximate surface area is 115 Å². The molecular formula is C12H24N2O4S. The maximum Gasteiger partial charge on any atom is 0.208 e. The quantitative estimate of drug-likeness (QED) is 0.707. The minimum absolute atomic E-state index is 0.215. The van der Waals surface area contributed by atoms with Crippen LogP contribution in [-0.2, 0) is 14.8 Å². The molecule has 112 valence electrons. The highest BCUT2D eigenvalue weighted by atomic mass is 32.2. The molecule has 0 bridgehead atoms. The van der Waals surface area contributed by atoms with E-state index in [1.54, 1.807) is 0 Å². The molecule has 1 saturated carbocycles. The van der Waals surface area contributed by atoms with E-state index in [1.165, 1.54) is 6.26 Å². The summed E-state index contributed by atoms with van der Waals surface area (Å²) in [5, 5.41) is 10.0. The van der Waals surface area contributed by atoms with Crippen molar-refractivity contribution in [2.75, 3.05) is 39.1 Å². The van der Waals surface area contributed by atoms with Gasteiger partial charge >= 0.3 is 0 Å². The number of sulfonamides is 1. The Bertz CT molecular complexity index is 387. The fourth-order valence-electron chi connectivity index (χ4n) is 3.12. The molecule has 19 heavy (non-hydrogen) atoms. The van der Waals surface area contributed by atoms with Crippen molar-refractivity contribution in [3.8, 4) is 0 Å². The van der Waals surface area contributed by atoms with Gasteiger partial charge in [0.05, 0.1) is 25.6 Å². The molecular weight excluding hydrogens is 268 g/mol. The second-order valence-electron chi connectivity index (χ2n) is 5.51. The Kier molecular flexibility index (Phi) is 5.19. The molecule has 7 heteroatoms. The fraction of sp³-hybridized carbons (Fsp3) is 1.00. The van der Waals surface area contributed by atoms with Gasteiger partial charge < -0.3 is 9.84 Å². The molecule has 1 saturated heterocycles. The molecule has 1 aliphatic carbocycles. The summed E-state index contributed by atoms with van der Waals surface area (Å²) in [6.07, 6.45) is 3.90. The third-order valence-electron chi connectivity index (χ3n) is 4.07. The van der Waals surface area contributed by atoms with Crippen LogP contribution in [0.4, 0.5) is 0 Å². The number of hydrogen-bond donors (Lipinski definition) is 2. The van der Waals surface area contributed by atoms with Crippen LogP contribution in [0, 0.1) is 5.92 Å². The van der Waals surface area contributed by atoms with Crippen molar-refractivity contribution in [1.82, 2.24) is 9.62 Å². The first-order chi connectivity index (χ1) is 8.97. The summed E-state index contributed by atoms with van der Waals surface area (Å²) >= 11 is 0. The molecule has 3 unspecified atom stereocenters. The largest absolute Gasteiger partial charge is 0.393 e. The minimum Gasteiger partial charge on any atom is -0.393 e. The van der Waals surface area contributed by atoms with Gasteiger partial charge in [0.1, 0.15) is 0 Å². The second-order valence-corrected chi connectivity index (χ2v) is 7.34. The second kappa shape index (κ2) is 6.49. The first-order valence-electron chi connectivity index (χ1n) is 6.92. The topological polar surface area (TPSA) is 78.9 Å². The predicted molar refractivity (Wildman–Crippen MR) is 72.4 cm³/mol. The third kappa shape index (κ3) is 4.39. The molecule has 0 aromatic rings. The van der Waals surface area contributed by atoms with E-state index in [2.05, 4.69) is 9.62 Å². The monoisotopic (exact) mass is 292 g/mol. The van der Waals surface area contributed by atoms with Crippen molar-refractivity contribution in [3.05, 3.63) is 0 Å². The van der Waals surface area contributed by atoms with E-state index >= 15 is 0 Å². The van der Waals surface area contributed by atoms with Gasteiger partial charge in [-0.25, -0.2) is 13.1 Å². The van der Waals surface area contributed by atoms with E-state index in [1.807, 2.05) is 0 Å². The Morgan fingerprint density at radius 1 is 1.42 bits per heavy atom. The maximum atomic E-state index is 11.1. The first-order valence-corrected chi connectivity index (χ1v) is 8.81. The van der Waals surface area contributed by atoms with Gasteiger partial charge in [0.15, 0.2) is 0 Å². The van der Waals surface area contributed by atoms with E-state index in [0.29, 0.717) is 26.3 Å².